The number of esters is 1. The molecule has 2 aromatic carbocycles. The smallest absolute Gasteiger partial charge is 0.323 e. The summed E-state index contributed by atoms with van der Waals surface area (Å²) in [6, 6.07) is 7.81. The summed E-state index contributed by atoms with van der Waals surface area (Å²) in [6.45, 7) is 7.55. The number of hydrogen-bond donors (Lipinski definition) is 2. The van der Waals surface area contributed by atoms with Crippen molar-refractivity contribution in [1.29, 1.82) is 0 Å². The van der Waals surface area contributed by atoms with E-state index < -0.39 is 15.1 Å². The fourth-order valence-electron chi connectivity index (χ4n) is 5.62. The Balaban J connectivity index is 1.50. The first-order valence-corrected chi connectivity index (χ1v) is 16.1. The number of sulfone groups is 1. The highest BCUT2D eigenvalue weighted by atomic mass is 32.2. The molecular weight excluding hydrogens is 558 g/mol. The second-order valence-corrected chi connectivity index (χ2v) is 12.7. The second-order valence-electron chi connectivity index (χ2n) is 10.5. The number of hydrogen-bond acceptors (Lipinski definition) is 9. The maximum absolute atomic E-state index is 14.0. The summed E-state index contributed by atoms with van der Waals surface area (Å²) >= 11 is 0. The van der Waals surface area contributed by atoms with E-state index in [-0.39, 0.29) is 28.3 Å². The molecule has 3 heterocycles. The first kappa shape index (κ1) is 29.7. The van der Waals surface area contributed by atoms with Crippen LogP contribution in [0.5, 0.6) is 5.75 Å². The lowest BCUT2D eigenvalue weighted by Gasteiger charge is -2.33. The molecule has 1 aliphatic heterocycles. The van der Waals surface area contributed by atoms with Crippen molar-refractivity contribution in [3.63, 3.8) is 0 Å². The highest BCUT2D eigenvalue weighted by molar-refractivity contribution is 7.92. The summed E-state index contributed by atoms with van der Waals surface area (Å²) in [5.74, 6) is 0.404. The van der Waals surface area contributed by atoms with Crippen molar-refractivity contribution >= 4 is 37.7 Å². The van der Waals surface area contributed by atoms with Gasteiger partial charge in [0.15, 0.2) is 9.84 Å². The van der Waals surface area contributed by atoms with E-state index >= 15 is 0 Å². The van der Waals surface area contributed by atoms with Crippen molar-refractivity contribution in [2.75, 3.05) is 26.3 Å². The van der Waals surface area contributed by atoms with Gasteiger partial charge in [0.05, 0.1) is 57.2 Å². The first-order valence-electron chi connectivity index (χ1n) is 14.6. The molecule has 0 bridgehead atoms. The van der Waals surface area contributed by atoms with Gasteiger partial charge in [-0.15, -0.1) is 0 Å². The van der Waals surface area contributed by atoms with Gasteiger partial charge in [-0.2, -0.15) is 0 Å². The molecule has 2 N–H and O–H groups in total. The number of aromatic amines is 2. The van der Waals surface area contributed by atoms with Gasteiger partial charge in [0.1, 0.15) is 17.6 Å². The third-order valence-electron chi connectivity index (χ3n) is 7.83. The van der Waals surface area contributed by atoms with E-state index in [2.05, 4.69) is 15.0 Å². The Hall–Kier alpha value is -3.77. The van der Waals surface area contributed by atoms with Crippen LogP contribution in [-0.4, -0.2) is 76.8 Å². The van der Waals surface area contributed by atoms with Gasteiger partial charge >= 0.3 is 5.97 Å². The molecule has 4 aromatic rings. The van der Waals surface area contributed by atoms with E-state index in [4.69, 9.17) is 14.5 Å². The van der Waals surface area contributed by atoms with Gasteiger partial charge in [0, 0.05) is 6.54 Å². The minimum Gasteiger partial charge on any atom is -0.493 e. The average Bonchev–Trinajstić information content (AvgIpc) is 3.42. The van der Waals surface area contributed by atoms with Crippen LogP contribution >= 0.6 is 0 Å². The van der Waals surface area contributed by atoms with Crippen LogP contribution in [0.3, 0.4) is 0 Å². The number of fused-ring (bicyclic) bond motifs is 2. The maximum atomic E-state index is 14.0. The zero-order valence-corrected chi connectivity index (χ0v) is 25.0. The molecule has 0 saturated carbocycles. The molecule has 0 amide bonds. The highest BCUT2D eigenvalue weighted by Gasteiger charge is 2.34. The van der Waals surface area contributed by atoms with E-state index in [9.17, 15) is 18.0 Å². The summed E-state index contributed by atoms with van der Waals surface area (Å²) in [5.41, 5.74) is 1.88. The van der Waals surface area contributed by atoms with Crippen LogP contribution in [0.1, 0.15) is 52.9 Å². The first-order chi connectivity index (χ1) is 20.3. The quantitative estimate of drug-likeness (QED) is 0.271. The van der Waals surface area contributed by atoms with Crippen LogP contribution in [-0.2, 0) is 19.4 Å². The molecule has 224 valence electrons. The van der Waals surface area contributed by atoms with E-state index in [0.717, 1.165) is 11.9 Å². The molecule has 1 aliphatic rings. The zero-order valence-electron chi connectivity index (χ0n) is 24.2. The molecule has 5 rings (SSSR count). The normalized spacial score (nSPS) is 18.5. The highest BCUT2D eigenvalue weighted by Crippen LogP contribution is 2.34. The molecule has 0 aliphatic carbocycles. The minimum atomic E-state index is -3.76. The van der Waals surface area contributed by atoms with Crippen LogP contribution in [0, 0.1) is 0 Å². The molecule has 42 heavy (non-hydrogen) atoms. The standard InChI is InChI=1S/C30H37N5O6S/c1-4-14-41-27-11-10-20(42(38,39)19-8-7-9-26(30(37)40-6-3)35(5-2)13-12-19)15-22(27)28-33-23-17-25-24(31-18-32-25)16-21(23)29(36)34-28/h10-11,15-19,26H,4-9,12-14H2,1-3H3,(H,31,32)(H,33,34,36). The topological polar surface area (TPSA) is 147 Å². The molecule has 0 radical (unpaired) electrons. The summed E-state index contributed by atoms with van der Waals surface area (Å²) in [4.78, 5) is 42.6. The number of ether oxygens (including phenoxy) is 2. The second kappa shape index (κ2) is 12.6. The van der Waals surface area contributed by atoms with Crippen LogP contribution in [0.25, 0.3) is 33.3 Å². The van der Waals surface area contributed by atoms with Gasteiger partial charge in [-0.1, -0.05) is 13.8 Å². The monoisotopic (exact) mass is 595 g/mol. The number of likely N-dealkylation sites (tertiary alicyclic amines) is 1. The third kappa shape index (κ3) is 5.91. The molecule has 2 unspecified atom stereocenters. The fourth-order valence-corrected chi connectivity index (χ4v) is 7.44. The van der Waals surface area contributed by atoms with E-state index in [0.29, 0.717) is 79.7 Å². The SMILES string of the molecule is CCCOc1ccc(S(=O)(=O)C2CCCC(C(=O)OCC)N(CC)CC2)cc1-c1nc2cc3nc[nH]c3cc2c(=O)[nH]1. The molecule has 1 fully saturated rings. The summed E-state index contributed by atoms with van der Waals surface area (Å²) < 4.78 is 39.3. The maximum Gasteiger partial charge on any atom is 0.323 e. The van der Waals surface area contributed by atoms with Crippen molar-refractivity contribution in [1.82, 2.24) is 24.8 Å². The predicted molar refractivity (Wildman–Crippen MR) is 160 cm³/mol. The lowest BCUT2D eigenvalue weighted by Crippen LogP contribution is -2.45. The zero-order chi connectivity index (χ0) is 29.9. The lowest BCUT2D eigenvalue weighted by atomic mass is 10.0. The summed E-state index contributed by atoms with van der Waals surface area (Å²) in [7, 11) is -3.76. The summed E-state index contributed by atoms with van der Waals surface area (Å²) in [6.07, 6.45) is 4.25. The molecule has 2 atom stereocenters. The number of aromatic nitrogens is 4. The number of carbonyl (C=O) groups excluding carboxylic acids is 1. The number of benzene rings is 2. The molecule has 11 nitrogen and oxygen atoms in total. The van der Waals surface area contributed by atoms with Gasteiger partial charge in [-0.05, 0) is 75.9 Å². The van der Waals surface area contributed by atoms with Crippen molar-refractivity contribution < 1.29 is 22.7 Å². The Bertz CT molecular complexity index is 1750. The van der Waals surface area contributed by atoms with Gasteiger partial charge in [-0.25, -0.2) is 18.4 Å². The number of nitrogens with one attached hydrogen (secondary N) is 2. The molecule has 2 aromatic heterocycles. The number of imidazole rings is 1. The number of carbonyl (C=O) groups is 1. The average molecular weight is 596 g/mol. The number of rotatable bonds is 9. The Kier molecular flexibility index (Phi) is 8.93. The van der Waals surface area contributed by atoms with Gasteiger partial charge in [-0.3, -0.25) is 14.5 Å². The number of nitrogens with zero attached hydrogens (tertiary/aromatic N) is 3. The third-order valence-corrected chi connectivity index (χ3v) is 10.1. The largest absolute Gasteiger partial charge is 0.493 e. The van der Waals surface area contributed by atoms with Crippen molar-refractivity contribution in [3.05, 3.63) is 47.0 Å². The van der Waals surface area contributed by atoms with E-state index in [1.54, 1.807) is 43.6 Å². The predicted octanol–water partition coefficient (Wildman–Crippen LogP) is 4.23. The Morgan fingerprint density at radius 3 is 2.69 bits per heavy atom. The molecule has 0 spiro atoms. The van der Waals surface area contributed by atoms with E-state index in [1.807, 2.05) is 18.7 Å². The van der Waals surface area contributed by atoms with Crippen molar-refractivity contribution in [2.45, 2.75) is 69.1 Å². The summed E-state index contributed by atoms with van der Waals surface area (Å²) in [5, 5.41) is -0.229. The van der Waals surface area contributed by atoms with Gasteiger partial charge in [0.25, 0.3) is 5.56 Å². The number of H-pyrrole nitrogens is 2. The fraction of sp³-hybridized carbons (Fsp3) is 0.467. The van der Waals surface area contributed by atoms with Crippen molar-refractivity contribution in [3.8, 4) is 17.1 Å². The number of likely N-dealkylation sites (N-methyl/N-ethyl adjacent to an activating group) is 1. The van der Waals surface area contributed by atoms with Gasteiger partial charge < -0.3 is 19.4 Å². The van der Waals surface area contributed by atoms with Crippen LogP contribution in [0.2, 0.25) is 0 Å². The molecular formula is C30H37N5O6S. The Morgan fingerprint density at radius 2 is 1.93 bits per heavy atom. The van der Waals surface area contributed by atoms with Gasteiger partial charge in [0.2, 0.25) is 0 Å². The molecule has 12 heteroatoms. The van der Waals surface area contributed by atoms with Crippen LogP contribution in [0.15, 0.2) is 46.3 Å². The van der Waals surface area contributed by atoms with E-state index in [1.165, 1.54) is 0 Å². The Labute approximate surface area is 244 Å². The minimum absolute atomic E-state index is 0.141. The van der Waals surface area contributed by atoms with Crippen LogP contribution < -0.4 is 10.3 Å². The lowest BCUT2D eigenvalue weighted by molar-refractivity contribution is -0.150. The molecule has 1 saturated heterocycles. The van der Waals surface area contributed by atoms with Crippen molar-refractivity contribution in [2.24, 2.45) is 0 Å². The van der Waals surface area contributed by atoms with Crippen LogP contribution in [0.4, 0.5) is 0 Å². The Morgan fingerprint density at radius 1 is 1.10 bits per heavy atom.